The standard InChI is InChI=1S/C14H22BN3O5/c19-13(4-3-11-6-16-9-17-11)18-7-10(2-1-5-15(22)23)12(8-18)14(20)21/h6,9-10,12,22-23H,1-5,7-8H2,(H,16,17)(H,20,21)/t10-,12+/m0/s1. The van der Waals surface area contributed by atoms with Gasteiger partial charge in [-0.15, -0.1) is 0 Å². The molecule has 0 bridgehead atoms. The summed E-state index contributed by atoms with van der Waals surface area (Å²) in [4.78, 5) is 32.1. The number of carbonyl (C=O) groups excluding carboxylic acids is 1. The molecule has 1 aliphatic rings. The number of rotatable bonds is 8. The van der Waals surface area contributed by atoms with Gasteiger partial charge in [0.25, 0.3) is 0 Å². The molecule has 126 valence electrons. The highest BCUT2D eigenvalue weighted by atomic mass is 16.4. The van der Waals surface area contributed by atoms with Crippen LogP contribution in [0.4, 0.5) is 0 Å². The van der Waals surface area contributed by atoms with E-state index in [1.54, 1.807) is 17.4 Å². The topological polar surface area (TPSA) is 127 Å². The molecule has 1 aliphatic heterocycles. The number of amides is 1. The van der Waals surface area contributed by atoms with Gasteiger partial charge >= 0.3 is 13.1 Å². The summed E-state index contributed by atoms with van der Waals surface area (Å²) in [6.45, 7) is 0.638. The first-order chi connectivity index (χ1) is 11.0. The molecular weight excluding hydrogens is 301 g/mol. The Kier molecular flexibility index (Phi) is 6.17. The number of nitrogens with one attached hydrogen (secondary N) is 1. The number of aryl methyl sites for hydroxylation is 1. The molecule has 9 heteroatoms. The van der Waals surface area contributed by atoms with Crippen molar-refractivity contribution in [2.45, 2.75) is 32.0 Å². The lowest BCUT2D eigenvalue weighted by Crippen LogP contribution is -2.30. The first kappa shape index (κ1) is 17.5. The van der Waals surface area contributed by atoms with Crippen molar-refractivity contribution in [3.63, 3.8) is 0 Å². The molecule has 0 unspecified atom stereocenters. The normalized spacial score (nSPS) is 20.7. The van der Waals surface area contributed by atoms with E-state index in [2.05, 4.69) is 9.97 Å². The van der Waals surface area contributed by atoms with E-state index in [0.717, 1.165) is 5.69 Å². The number of carboxylic acids is 1. The van der Waals surface area contributed by atoms with Gasteiger partial charge in [-0.25, -0.2) is 4.98 Å². The molecule has 4 N–H and O–H groups in total. The van der Waals surface area contributed by atoms with Crippen LogP contribution < -0.4 is 0 Å². The van der Waals surface area contributed by atoms with Crippen LogP contribution in [0.2, 0.25) is 6.32 Å². The molecule has 1 saturated heterocycles. The van der Waals surface area contributed by atoms with E-state index in [-0.39, 0.29) is 24.7 Å². The number of carbonyl (C=O) groups is 2. The monoisotopic (exact) mass is 323 g/mol. The van der Waals surface area contributed by atoms with Gasteiger partial charge in [0.1, 0.15) is 0 Å². The van der Waals surface area contributed by atoms with Crippen LogP contribution in [0.15, 0.2) is 12.5 Å². The molecular formula is C14H22BN3O5. The molecule has 1 amide bonds. The van der Waals surface area contributed by atoms with Crippen LogP contribution in [-0.4, -0.2) is 62.1 Å². The third-order valence-electron chi connectivity index (χ3n) is 4.30. The Morgan fingerprint density at radius 2 is 2.17 bits per heavy atom. The largest absolute Gasteiger partial charge is 0.481 e. The van der Waals surface area contributed by atoms with E-state index in [0.29, 0.717) is 32.2 Å². The fraction of sp³-hybridized carbons (Fsp3) is 0.643. The zero-order valence-corrected chi connectivity index (χ0v) is 12.9. The van der Waals surface area contributed by atoms with E-state index in [9.17, 15) is 14.7 Å². The number of carboxylic acid groups (broad SMARTS) is 1. The van der Waals surface area contributed by atoms with Crippen molar-refractivity contribution in [2.75, 3.05) is 13.1 Å². The number of H-pyrrole nitrogens is 1. The van der Waals surface area contributed by atoms with Crippen LogP contribution in [0.25, 0.3) is 0 Å². The van der Waals surface area contributed by atoms with Crippen LogP contribution in [0.3, 0.4) is 0 Å². The number of hydrogen-bond acceptors (Lipinski definition) is 5. The molecule has 0 aromatic carbocycles. The smallest absolute Gasteiger partial charge is 0.451 e. The number of likely N-dealkylation sites (tertiary alicyclic amines) is 1. The van der Waals surface area contributed by atoms with Gasteiger partial charge in [0.2, 0.25) is 5.91 Å². The highest BCUT2D eigenvalue weighted by Gasteiger charge is 2.39. The summed E-state index contributed by atoms with van der Waals surface area (Å²) in [5.41, 5.74) is 0.806. The third-order valence-corrected chi connectivity index (χ3v) is 4.30. The Bertz CT molecular complexity index is 522. The Balaban J connectivity index is 1.85. The molecule has 0 aliphatic carbocycles. The second kappa shape index (κ2) is 8.12. The van der Waals surface area contributed by atoms with Gasteiger partial charge in [-0.3, -0.25) is 9.59 Å². The van der Waals surface area contributed by atoms with Crippen molar-refractivity contribution in [3.8, 4) is 0 Å². The van der Waals surface area contributed by atoms with Gasteiger partial charge < -0.3 is 25.0 Å². The summed E-state index contributed by atoms with van der Waals surface area (Å²) >= 11 is 0. The SMILES string of the molecule is O=C(O)[C@@H]1CN(C(=O)CCc2c[nH]cn2)C[C@@H]1CCCB(O)O. The molecule has 1 aromatic heterocycles. The zero-order valence-electron chi connectivity index (χ0n) is 12.9. The number of aliphatic carboxylic acids is 1. The first-order valence-corrected chi connectivity index (χ1v) is 7.81. The van der Waals surface area contributed by atoms with Crippen molar-refractivity contribution in [1.29, 1.82) is 0 Å². The Morgan fingerprint density at radius 1 is 1.39 bits per heavy atom. The van der Waals surface area contributed by atoms with E-state index in [1.165, 1.54) is 0 Å². The molecule has 1 aromatic rings. The lowest BCUT2D eigenvalue weighted by atomic mass is 9.80. The first-order valence-electron chi connectivity index (χ1n) is 7.81. The van der Waals surface area contributed by atoms with Crippen LogP contribution in [0, 0.1) is 11.8 Å². The minimum absolute atomic E-state index is 0.0658. The molecule has 0 saturated carbocycles. The van der Waals surface area contributed by atoms with Gasteiger partial charge in [0.05, 0.1) is 17.9 Å². The maximum absolute atomic E-state index is 12.3. The highest BCUT2D eigenvalue weighted by molar-refractivity contribution is 6.40. The van der Waals surface area contributed by atoms with E-state index in [1.807, 2.05) is 0 Å². The zero-order chi connectivity index (χ0) is 16.8. The van der Waals surface area contributed by atoms with Crippen LogP contribution >= 0.6 is 0 Å². The van der Waals surface area contributed by atoms with Crippen LogP contribution in [0.5, 0.6) is 0 Å². The van der Waals surface area contributed by atoms with E-state index in [4.69, 9.17) is 10.0 Å². The van der Waals surface area contributed by atoms with Crippen molar-refractivity contribution in [2.24, 2.45) is 11.8 Å². The average Bonchev–Trinajstić information content (AvgIpc) is 3.13. The van der Waals surface area contributed by atoms with Gasteiger partial charge in [0.15, 0.2) is 0 Å². The predicted molar refractivity (Wildman–Crippen MR) is 82.3 cm³/mol. The lowest BCUT2D eigenvalue weighted by molar-refractivity contribution is -0.142. The van der Waals surface area contributed by atoms with Crippen molar-refractivity contribution in [3.05, 3.63) is 18.2 Å². The summed E-state index contributed by atoms with van der Waals surface area (Å²) < 4.78 is 0. The number of imidazole rings is 1. The third kappa shape index (κ3) is 5.07. The summed E-state index contributed by atoms with van der Waals surface area (Å²) in [6, 6.07) is 0. The van der Waals surface area contributed by atoms with E-state index < -0.39 is 19.0 Å². The Labute approximate surface area is 134 Å². The van der Waals surface area contributed by atoms with Gasteiger partial charge in [-0.1, -0.05) is 6.42 Å². The summed E-state index contributed by atoms with van der Waals surface area (Å²) in [5, 5.41) is 27.1. The van der Waals surface area contributed by atoms with Gasteiger partial charge in [-0.05, 0) is 25.1 Å². The van der Waals surface area contributed by atoms with Crippen LogP contribution in [0.1, 0.15) is 25.0 Å². The summed E-state index contributed by atoms with van der Waals surface area (Å²) in [6.07, 6.45) is 5.44. The van der Waals surface area contributed by atoms with Crippen molar-refractivity contribution >= 4 is 19.0 Å². The Morgan fingerprint density at radius 3 is 2.78 bits per heavy atom. The molecule has 2 atom stereocenters. The van der Waals surface area contributed by atoms with Crippen molar-refractivity contribution < 1.29 is 24.7 Å². The number of hydrogen-bond donors (Lipinski definition) is 4. The second-order valence-electron chi connectivity index (χ2n) is 5.98. The van der Waals surface area contributed by atoms with Gasteiger partial charge in [-0.2, -0.15) is 0 Å². The molecule has 1 fully saturated rings. The van der Waals surface area contributed by atoms with E-state index >= 15 is 0 Å². The molecule has 2 rings (SSSR count). The number of aromatic nitrogens is 2. The number of aromatic amines is 1. The maximum Gasteiger partial charge on any atom is 0.451 e. The minimum Gasteiger partial charge on any atom is -0.481 e. The summed E-state index contributed by atoms with van der Waals surface area (Å²) in [5.74, 6) is -1.69. The fourth-order valence-corrected chi connectivity index (χ4v) is 3.03. The number of nitrogens with zero attached hydrogens (tertiary/aromatic N) is 2. The molecule has 8 nitrogen and oxygen atoms in total. The maximum atomic E-state index is 12.3. The second-order valence-corrected chi connectivity index (χ2v) is 5.98. The molecule has 2 heterocycles. The molecule has 23 heavy (non-hydrogen) atoms. The van der Waals surface area contributed by atoms with Crippen LogP contribution in [-0.2, 0) is 16.0 Å². The van der Waals surface area contributed by atoms with Gasteiger partial charge in [0, 0.05) is 25.7 Å². The predicted octanol–water partition coefficient (Wildman–Crippen LogP) is -0.246. The summed E-state index contributed by atoms with van der Waals surface area (Å²) in [7, 11) is -1.37. The lowest BCUT2D eigenvalue weighted by Gasteiger charge is -2.16. The quantitative estimate of drug-likeness (QED) is 0.489. The minimum atomic E-state index is -1.37. The highest BCUT2D eigenvalue weighted by Crippen LogP contribution is 2.29. The Hall–Kier alpha value is -1.87. The molecule has 0 spiro atoms. The molecule has 0 radical (unpaired) electrons. The fourth-order valence-electron chi connectivity index (χ4n) is 3.03. The van der Waals surface area contributed by atoms with Crippen molar-refractivity contribution in [1.82, 2.24) is 14.9 Å². The average molecular weight is 323 g/mol.